The molecule has 0 radical (unpaired) electrons. The summed E-state index contributed by atoms with van der Waals surface area (Å²) in [5.74, 6) is -3.80. The number of aliphatic hydroxyl groups is 19. The van der Waals surface area contributed by atoms with Gasteiger partial charge in [-0.1, -0.05) is 0 Å². The van der Waals surface area contributed by atoms with Gasteiger partial charge in [0.25, 0.3) is 0 Å². The van der Waals surface area contributed by atoms with Crippen molar-refractivity contribution in [1.82, 2.24) is 10.6 Å². The topological polar surface area (TPSA) is 682 Å². The van der Waals surface area contributed by atoms with E-state index in [1.54, 1.807) is 0 Å². The number of carboxylic acids is 1. The summed E-state index contributed by atoms with van der Waals surface area (Å²) < 4.78 is 125. The Balaban J connectivity index is 1.12. The van der Waals surface area contributed by atoms with Gasteiger partial charge in [-0.05, 0) is 20.8 Å². The normalized spacial score (nSPS) is 50.1. The van der Waals surface area contributed by atoms with Crippen LogP contribution in [0.15, 0.2) is 0 Å². The minimum atomic E-state index is -5.31. The molecule has 97 heavy (non-hydrogen) atoms. The monoisotopic (exact) mass is 1440 g/mol. The van der Waals surface area contributed by atoms with Crippen molar-refractivity contribution in [3.8, 4) is 0 Å². The number of aliphatic hydroxyl groups excluding tert-OH is 19. The molecule has 8 rings (SSSR count). The van der Waals surface area contributed by atoms with Crippen LogP contribution >= 0.6 is 0 Å². The molecule has 0 bridgehead atoms. The third-order valence-corrected chi connectivity index (χ3v) is 17.9. The van der Waals surface area contributed by atoms with E-state index in [0.717, 1.165) is 13.8 Å². The summed E-state index contributed by atoms with van der Waals surface area (Å²) in [6, 6.07) is -3.76. The second-order valence-electron chi connectivity index (χ2n) is 24.4. The first-order valence-corrected chi connectivity index (χ1v) is 31.7. The van der Waals surface area contributed by atoms with Crippen LogP contribution in [0.2, 0.25) is 0 Å². The zero-order valence-corrected chi connectivity index (χ0v) is 52.6. The van der Waals surface area contributed by atoms with Crippen molar-refractivity contribution < 1.29 is 205 Å². The van der Waals surface area contributed by atoms with Gasteiger partial charge in [0.05, 0.1) is 44.7 Å². The molecule has 0 spiro atoms. The Labute approximate surface area is 548 Å². The van der Waals surface area contributed by atoms with Crippen LogP contribution in [0.5, 0.6) is 0 Å². The number of nitrogens with one attached hydrogen (secondary N) is 2. The summed E-state index contributed by atoms with van der Waals surface area (Å²) in [7, 11) is -5.31. The Morgan fingerprint density at radius 2 is 0.742 bits per heavy atom. The molecule has 23 N–H and O–H groups in total. The summed E-state index contributed by atoms with van der Waals surface area (Å²) in [5, 5.41) is 226. The summed E-state index contributed by atoms with van der Waals surface area (Å²) in [6.45, 7) is 0.830. The average molecular weight is 1440 g/mol. The number of ether oxygens (including phenoxy) is 15. The van der Waals surface area contributed by atoms with Crippen molar-refractivity contribution in [1.29, 1.82) is 0 Å². The highest BCUT2D eigenvalue weighted by Crippen LogP contribution is 2.39. The first kappa shape index (κ1) is 79.6. The van der Waals surface area contributed by atoms with Crippen molar-refractivity contribution in [2.24, 2.45) is 0 Å². The zero-order chi connectivity index (χ0) is 71.9. The van der Waals surface area contributed by atoms with Crippen molar-refractivity contribution in [3.05, 3.63) is 0 Å². The number of carboxylic acid groups (broad SMARTS) is 1. The van der Waals surface area contributed by atoms with Crippen LogP contribution in [-0.2, 0) is 100 Å². The third-order valence-electron chi connectivity index (χ3n) is 17.5. The fourth-order valence-corrected chi connectivity index (χ4v) is 12.4. The average Bonchev–Trinajstić information content (AvgIpc) is 0.774. The highest BCUT2D eigenvalue weighted by atomic mass is 32.3. The summed E-state index contributed by atoms with van der Waals surface area (Å²) in [4.78, 5) is 38.0. The van der Waals surface area contributed by atoms with Crippen LogP contribution < -0.4 is 10.6 Å². The van der Waals surface area contributed by atoms with Crippen LogP contribution in [0.25, 0.3) is 0 Å². The largest absolute Gasteiger partial charge is 0.479 e. The van der Waals surface area contributed by atoms with Crippen LogP contribution in [0.1, 0.15) is 34.6 Å². The number of carbonyl (C=O) groups is 3. The van der Waals surface area contributed by atoms with Gasteiger partial charge < -0.3 is 184 Å². The number of rotatable bonds is 23. The van der Waals surface area contributed by atoms with Gasteiger partial charge in [-0.2, -0.15) is 8.42 Å². The first-order valence-electron chi connectivity index (χ1n) is 30.4. The lowest BCUT2D eigenvalue weighted by molar-refractivity contribution is -0.409. The molecule has 0 aromatic heterocycles. The van der Waals surface area contributed by atoms with Gasteiger partial charge in [-0.15, -0.1) is 0 Å². The van der Waals surface area contributed by atoms with Gasteiger partial charge in [0.15, 0.2) is 56.4 Å². The predicted molar refractivity (Wildman–Crippen MR) is 294 cm³/mol. The van der Waals surface area contributed by atoms with Gasteiger partial charge in [0.1, 0.15) is 171 Å². The van der Waals surface area contributed by atoms with Crippen LogP contribution in [-0.4, -0.2) is 405 Å². The van der Waals surface area contributed by atoms with Gasteiger partial charge in [0, 0.05) is 13.8 Å². The molecule has 2 amide bonds. The SMILES string of the molecule is CC(=O)N[C@H]1[C@H](OC[C@H]2OC(O)[C@H](NC(C)=O)[C@@H](O[C@@H]3O[C@H](CO)[C@H](O)[C@H](O[C@@H]4O[C@H](CO)[C@H](O)[C@H](O[C@@H]5O[C@H](C(=O)O)[C@@H](O)[C@H](O)[C@H]5O[C@@H]5O[C@@H](C)[C@@H](O)[C@@H](O)[C@@H]5O)[C@H]4O)[C@H]3O[C@@H]3O[C@@H](C)[C@@H](O)[C@@H](O)[C@@H]3O)[C@H]2O)O[C@H](COS(=O)(=O)O)[C@@H](O)[C@@H]1O[C@@H]1O[C@@H](C)[C@@H](O)[C@@H](O)[C@@H]1O. The van der Waals surface area contributed by atoms with Crippen molar-refractivity contribution in [2.75, 3.05) is 26.4 Å². The molecule has 40 atom stereocenters. The van der Waals surface area contributed by atoms with Gasteiger partial charge in [-0.25, -0.2) is 8.98 Å². The molecule has 44 nitrogen and oxygen atoms in total. The third kappa shape index (κ3) is 17.8. The van der Waals surface area contributed by atoms with E-state index < -0.39 is 300 Å². The summed E-state index contributed by atoms with van der Waals surface area (Å²) >= 11 is 0. The molecule has 0 aliphatic carbocycles. The lowest BCUT2D eigenvalue weighted by atomic mass is 9.94. The minimum absolute atomic E-state index is 0.910. The number of hydrogen-bond acceptors (Lipinski definition) is 40. The zero-order valence-electron chi connectivity index (χ0n) is 51.8. The lowest BCUT2D eigenvalue weighted by Crippen LogP contribution is -2.70. The summed E-state index contributed by atoms with van der Waals surface area (Å²) in [6.07, 6.45) is -79.2. The maximum Gasteiger partial charge on any atom is 0.397 e. The number of hydrogen-bond donors (Lipinski definition) is 23. The number of carbonyl (C=O) groups excluding carboxylic acids is 2. The van der Waals surface area contributed by atoms with E-state index in [2.05, 4.69) is 14.8 Å². The molecule has 562 valence electrons. The Bertz CT molecular complexity index is 2690. The van der Waals surface area contributed by atoms with Crippen LogP contribution in [0.3, 0.4) is 0 Å². The van der Waals surface area contributed by atoms with E-state index in [0.29, 0.717) is 0 Å². The predicted octanol–water partition coefficient (Wildman–Crippen LogP) is -15.2. The van der Waals surface area contributed by atoms with Gasteiger partial charge in [-0.3, -0.25) is 14.1 Å². The molecule has 45 heteroatoms. The second kappa shape index (κ2) is 33.1. The summed E-state index contributed by atoms with van der Waals surface area (Å²) in [5.41, 5.74) is 0. The molecule has 8 fully saturated rings. The van der Waals surface area contributed by atoms with E-state index in [-0.39, 0.29) is 0 Å². The Morgan fingerprint density at radius 3 is 1.22 bits per heavy atom. The van der Waals surface area contributed by atoms with Gasteiger partial charge in [0.2, 0.25) is 11.8 Å². The quantitative estimate of drug-likeness (QED) is 0.0422. The highest BCUT2D eigenvalue weighted by molar-refractivity contribution is 7.80. The van der Waals surface area contributed by atoms with E-state index in [4.69, 9.17) is 71.1 Å². The molecular formula is C52H86N2O42S. The Kier molecular flexibility index (Phi) is 27.2. The highest BCUT2D eigenvalue weighted by Gasteiger charge is 2.60. The smallest absolute Gasteiger partial charge is 0.397 e. The molecule has 1 unspecified atom stereocenters. The Morgan fingerprint density at radius 1 is 0.371 bits per heavy atom. The van der Waals surface area contributed by atoms with E-state index >= 15 is 0 Å². The molecule has 0 aromatic carbocycles. The van der Waals surface area contributed by atoms with E-state index in [1.165, 1.54) is 20.8 Å². The van der Waals surface area contributed by atoms with Crippen LogP contribution in [0.4, 0.5) is 0 Å². The molecule has 8 heterocycles. The molecule has 0 aromatic rings. The molecule has 0 saturated carbocycles. The fourth-order valence-electron chi connectivity index (χ4n) is 12.1. The van der Waals surface area contributed by atoms with E-state index in [1.807, 2.05) is 0 Å². The first-order chi connectivity index (χ1) is 45.4. The van der Waals surface area contributed by atoms with Crippen molar-refractivity contribution in [3.63, 3.8) is 0 Å². The van der Waals surface area contributed by atoms with E-state index in [9.17, 15) is 129 Å². The number of amides is 2. The van der Waals surface area contributed by atoms with Crippen molar-refractivity contribution >= 4 is 28.2 Å². The van der Waals surface area contributed by atoms with Crippen molar-refractivity contribution in [2.45, 2.75) is 280 Å². The molecular weight excluding hydrogens is 1360 g/mol. The minimum Gasteiger partial charge on any atom is -0.479 e. The fraction of sp³-hybridized carbons (Fsp3) is 0.942. The standard InChI is InChI=1S/C52H86N2O42S/c1-10-21(59)28(66)33(71)47(83-10)90-38-20(54-14(5)58)46(89-18(27(38)65)9-82-97(78,79)80)81-8-17-26(64)37(19(45(77)86-17)53-13(4)57)91-52-43(96-49-35(73)30(68)23(61)12(3)85-49)40(25(63)16(7-56)88-52)93-50-36(74)39(24(62)15(6-55)87-50)92-51-42(32(70)31(69)41(94-51)44(75)76)95-48-34(72)29(67)22(60)11(2)84-48/h10-12,15-43,45-52,55-56,59-74,77H,6-9H2,1-5H3,(H,53,57)(H,54,58)(H,75,76)(H,78,79,80)/t10-,11-,12-,15+,16+,17+,18+,19+,20+,21+,22+,23+,24-,25-,26-,27+,28+,29+,30+,31-,32-,33-,34-,35-,36+,37+,38+,39-,40-,41-,42+,43+,45?,46+,47-,48-,49-,50-,51+,52-/m0/s1. The second-order valence-corrected chi connectivity index (χ2v) is 25.5. The number of aliphatic carboxylic acids is 1. The maximum atomic E-state index is 12.9. The maximum absolute atomic E-state index is 12.9. The molecule has 8 aliphatic rings. The molecule has 8 aliphatic heterocycles. The van der Waals surface area contributed by atoms with Gasteiger partial charge >= 0.3 is 16.4 Å². The lowest BCUT2D eigenvalue weighted by Gasteiger charge is -2.51. The van der Waals surface area contributed by atoms with Crippen LogP contribution in [0, 0.1) is 0 Å². The molecule has 8 saturated heterocycles. The Hall–Kier alpha value is -3.08.